The zero-order chi connectivity index (χ0) is 13.2. The van der Waals surface area contributed by atoms with Gasteiger partial charge in [-0.1, -0.05) is 0 Å². The van der Waals surface area contributed by atoms with Gasteiger partial charge in [-0.25, -0.2) is 25.5 Å². The smallest absolute Gasteiger partial charge is 0.252 e. The topological polar surface area (TPSA) is 118 Å². The molecule has 94 valence electrons. The molecule has 19 heavy (non-hydrogen) atoms. The molecule has 3 N–H and O–H groups in total. The molecule has 0 aliphatic heterocycles. The van der Waals surface area contributed by atoms with Gasteiger partial charge in [0.15, 0.2) is 11.6 Å². The minimum atomic E-state index is 0.120. The second-order valence-electron chi connectivity index (χ2n) is 3.65. The minimum Gasteiger partial charge on any atom is -0.308 e. The van der Waals surface area contributed by atoms with E-state index in [0.717, 1.165) is 10.2 Å². The van der Waals surface area contributed by atoms with Crippen molar-refractivity contribution in [1.82, 2.24) is 24.7 Å². The number of anilines is 1. The Bertz CT molecular complexity index is 767. The fourth-order valence-corrected chi connectivity index (χ4v) is 2.43. The summed E-state index contributed by atoms with van der Waals surface area (Å²) in [5, 5.41) is 15.4. The summed E-state index contributed by atoms with van der Waals surface area (Å²) >= 11 is 1.51. The van der Waals surface area contributed by atoms with Crippen LogP contribution >= 0.6 is 11.3 Å². The molecule has 3 aromatic rings. The van der Waals surface area contributed by atoms with Gasteiger partial charge in [0, 0.05) is 0 Å². The van der Waals surface area contributed by atoms with E-state index in [1.54, 1.807) is 0 Å². The lowest BCUT2D eigenvalue weighted by Gasteiger charge is -2.04. The number of rotatable bonds is 3. The van der Waals surface area contributed by atoms with Crippen molar-refractivity contribution in [2.75, 3.05) is 5.43 Å². The van der Waals surface area contributed by atoms with Gasteiger partial charge in [-0.05, 0) is 11.4 Å². The number of thiophene rings is 1. The summed E-state index contributed by atoms with van der Waals surface area (Å²) in [6, 6.07) is 3.77. The van der Waals surface area contributed by atoms with E-state index in [-0.39, 0.29) is 5.82 Å². The quantitative estimate of drug-likeness (QED) is 0.526. The van der Waals surface area contributed by atoms with Crippen molar-refractivity contribution in [3.05, 3.63) is 29.4 Å². The van der Waals surface area contributed by atoms with E-state index >= 15 is 0 Å². The molecule has 3 heterocycles. The van der Waals surface area contributed by atoms with E-state index in [1.165, 1.54) is 22.3 Å². The Kier molecular flexibility index (Phi) is 2.79. The molecule has 0 atom stereocenters. The van der Waals surface area contributed by atoms with E-state index in [0.29, 0.717) is 18.2 Å². The SMILES string of the molecule is N#Cc1ncn(Cc2nc(NN)c3ccsc3n2)n1. The summed E-state index contributed by atoms with van der Waals surface area (Å²) < 4.78 is 1.51. The highest BCUT2D eigenvalue weighted by atomic mass is 32.1. The average Bonchev–Trinajstić information content (AvgIpc) is 3.06. The van der Waals surface area contributed by atoms with Crippen molar-refractivity contribution in [2.24, 2.45) is 5.84 Å². The van der Waals surface area contributed by atoms with Crippen LogP contribution in [0, 0.1) is 11.3 Å². The highest BCUT2D eigenvalue weighted by molar-refractivity contribution is 7.16. The first-order chi connectivity index (χ1) is 9.30. The van der Waals surface area contributed by atoms with Crippen molar-refractivity contribution in [2.45, 2.75) is 6.54 Å². The van der Waals surface area contributed by atoms with Crippen LogP contribution in [0.5, 0.6) is 0 Å². The largest absolute Gasteiger partial charge is 0.308 e. The summed E-state index contributed by atoms with van der Waals surface area (Å²) in [4.78, 5) is 13.4. The maximum atomic E-state index is 8.67. The van der Waals surface area contributed by atoms with Crippen LogP contribution in [0.4, 0.5) is 5.82 Å². The molecule has 0 saturated heterocycles. The number of nitrogens with zero attached hydrogens (tertiary/aromatic N) is 6. The highest BCUT2D eigenvalue weighted by Crippen LogP contribution is 2.24. The molecule has 0 spiro atoms. The third-order valence-corrected chi connectivity index (χ3v) is 3.25. The minimum absolute atomic E-state index is 0.120. The predicted octanol–water partition coefficient (Wildman–Crippen LogP) is 0.488. The van der Waals surface area contributed by atoms with Gasteiger partial charge >= 0.3 is 0 Å². The number of hydrogen-bond acceptors (Lipinski definition) is 8. The molecular weight excluding hydrogens is 264 g/mol. The number of fused-ring (bicyclic) bond motifs is 1. The van der Waals surface area contributed by atoms with Gasteiger partial charge in [0.25, 0.3) is 5.82 Å². The summed E-state index contributed by atoms with van der Waals surface area (Å²) in [6.45, 7) is 0.331. The van der Waals surface area contributed by atoms with Crippen LogP contribution in [-0.2, 0) is 6.54 Å². The highest BCUT2D eigenvalue weighted by Gasteiger charge is 2.09. The van der Waals surface area contributed by atoms with Gasteiger partial charge < -0.3 is 5.43 Å². The summed E-state index contributed by atoms with van der Waals surface area (Å²) in [7, 11) is 0. The Hall–Kier alpha value is -2.57. The van der Waals surface area contributed by atoms with Crippen molar-refractivity contribution in [1.29, 1.82) is 5.26 Å². The van der Waals surface area contributed by atoms with Crippen LogP contribution in [0.1, 0.15) is 11.6 Å². The van der Waals surface area contributed by atoms with E-state index in [2.05, 4.69) is 25.5 Å². The lowest BCUT2D eigenvalue weighted by Crippen LogP contribution is -2.12. The fourth-order valence-electron chi connectivity index (χ4n) is 1.65. The molecule has 0 aromatic carbocycles. The molecule has 0 amide bonds. The van der Waals surface area contributed by atoms with Crippen LogP contribution in [0.25, 0.3) is 10.2 Å². The summed E-state index contributed by atoms with van der Waals surface area (Å²) in [5.74, 6) is 6.69. The Balaban J connectivity index is 1.98. The molecule has 0 unspecified atom stereocenters. The van der Waals surface area contributed by atoms with Gasteiger partial charge in [0.05, 0.1) is 5.39 Å². The molecule has 0 aliphatic carbocycles. The number of nitrogens with two attached hydrogens (primary N) is 1. The molecule has 0 fully saturated rings. The molecule has 9 heteroatoms. The maximum Gasteiger partial charge on any atom is 0.252 e. The zero-order valence-electron chi connectivity index (χ0n) is 9.61. The lowest BCUT2D eigenvalue weighted by molar-refractivity contribution is 0.655. The van der Waals surface area contributed by atoms with E-state index in [9.17, 15) is 0 Å². The number of nitrogen functional groups attached to an aromatic ring is 1. The fraction of sp³-hybridized carbons (Fsp3) is 0.100. The molecule has 0 aliphatic rings. The Morgan fingerprint density at radius 3 is 3.11 bits per heavy atom. The average molecular weight is 272 g/mol. The second-order valence-corrected chi connectivity index (χ2v) is 4.54. The van der Waals surface area contributed by atoms with Crippen LogP contribution in [0.15, 0.2) is 17.8 Å². The van der Waals surface area contributed by atoms with Gasteiger partial charge in [-0.15, -0.1) is 16.4 Å². The Labute approximate surface area is 111 Å². The zero-order valence-corrected chi connectivity index (χ0v) is 10.4. The van der Waals surface area contributed by atoms with Crippen molar-refractivity contribution >= 4 is 27.4 Å². The molecule has 0 saturated carbocycles. The van der Waals surface area contributed by atoms with Crippen LogP contribution in [-0.4, -0.2) is 24.7 Å². The standard InChI is InChI=1S/C10H8N8S/c11-3-7-13-5-18(17-7)4-8-14-9(16-12)6-1-2-19-10(6)15-8/h1-2,5H,4,12H2,(H,14,15,16). The predicted molar refractivity (Wildman–Crippen MR) is 69.1 cm³/mol. The van der Waals surface area contributed by atoms with Gasteiger partial charge in [0.1, 0.15) is 23.8 Å². The first-order valence-electron chi connectivity index (χ1n) is 5.30. The third kappa shape index (κ3) is 2.10. The Morgan fingerprint density at radius 1 is 1.47 bits per heavy atom. The van der Waals surface area contributed by atoms with Crippen LogP contribution in [0.2, 0.25) is 0 Å². The molecule has 3 aromatic heterocycles. The van der Waals surface area contributed by atoms with Gasteiger partial charge in [0.2, 0.25) is 0 Å². The van der Waals surface area contributed by atoms with Crippen molar-refractivity contribution < 1.29 is 0 Å². The van der Waals surface area contributed by atoms with Gasteiger partial charge in [-0.2, -0.15) is 5.26 Å². The monoisotopic (exact) mass is 272 g/mol. The van der Waals surface area contributed by atoms with E-state index < -0.39 is 0 Å². The summed E-state index contributed by atoms with van der Waals surface area (Å²) in [6.07, 6.45) is 1.47. The first kappa shape index (κ1) is 11.5. The molecular formula is C10H8N8S. The summed E-state index contributed by atoms with van der Waals surface area (Å²) in [5.41, 5.74) is 2.56. The Morgan fingerprint density at radius 2 is 2.37 bits per heavy atom. The van der Waals surface area contributed by atoms with Crippen LogP contribution < -0.4 is 11.3 Å². The number of nitriles is 1. The lowest BCUT2D eigenvalue weighted by atomic mass is 10.4. The number of nitrogens with one attached hydrogen (secondary N) is 1. The van der Waals surface area contributed by atoms with E-state index in [4.69, 9.17) is 11.1 Å². The number of hydrogen-bond donors (Lipinski definition) is 2. The molecule has 0 bridgehead atoms. The number of hydrazine groups is 1. The van der Waals surface area contributed by atoms with Crippen LogP contribution in [0.3, 0.4) is 0 Å². The first-order valence-corrected chi connectivity index (χ1v) is 6.18. The van der Waals surface area contributed by atoms with E-state index in [1.807, 2.05) is 17.5 Å². The van der Waals surface area contributed by atoms with Gasteiger partial charge in [-0.3, -0.25) is 0 Å². The maximum absolute atomic E-state index is 8.67. The molecule has 8 nitrogen and oxygen atoms in total. The number of aromatic nitrogens is 5. The molecule has 3 rings (SSSR count). The third-order valence-electron chi connectivity index (χ3n) is 2.45. The second kappa shape index (κ2) is 4.60. The van der Waals surface area contributed by atoms with Crippen molar-refractivity contribution in [3.63, 3.8) is 0 Å². The van der Waals surface area contributed by atoms with Crippen molar-refractivity contribution in [3.8, 4) is 6.07 Å². The molecule has 0 radical (unpaired) electrons. The normalized spacial score (nSPS) is 10.5.